The lowest BCUT2D eigenvalue weighted by atomic mass is 10.1. The van der Waals surface area contributed by atoms with E-state index in [4.69, 9.17) is 17.0 Å². The average Bonchev–Trinajstić information content (AvgIpc) is 2.81. The standard InChI is InChI=1S/C25H22F3O2PS/c1-2-30-24(32)22(23(29)25(26,27)28)18-31(19-12-6-3-7-13-19,20-14-8-4-9-15-20)21-16-10-5-11-17-21/h3-18,22H,2H2,1H3. The quantitative estimate of drug-likeness (QED) is 0.360. The van der Waals surface area contributed by atoms with Crippen molar-refractivity contribution in [3.63, 3.8) is 0 Å². The molecule has 0 aliphatic carbocycles. The van der Waals surface area contributed by atoms with Crippen molar-refractivity contribution < 1.29 is 22.7 Å². The maximum Gasteiger partial charge on any atom is 0.451 e. The van der Waals surface area contributed by atoms with Crippen LogP contribution in [-0.2, 0) is 9.53 Å². The molecule has 0 aliphatic heterocycles. The molecule has 0 amide bonds. The van der Waals surface area contributed by atoms with Crippen molar-refractivity contribution in [2.75, 3.05) is 6.61 Å². The molecule has 0 aliphatic rings. The maximum absolute atomic E-state index is 13.6. The Labute approximate surface area is 191 Å². The van der Waals surface area contributed by atoms with Crippen molar-refractivity contribution in [2.45, 2.75) is 13.1 Å². The van der Waals surface area contributed by atoms with Gasteiger partial charge in [0.25, 0.3) is 5.78 Å². The molecule has 0 N–H and O–H groups in total. The first-order valence-electron chi connectivity index (χ1n) is 10.00. The van der Waals surface area contributed by atoms with E-state index in [2.05, 4.69) is 0 Å². The summed E-state index contributed by atoms with van der Waals surface area (Å²) >= 11 is 5.18. The zero-order chi connectivity index (χ0) is 23.2. The van der Waals surface area contributed by atoms with Gasteiger partial charge in [-0.1, -0.05) is 96.8 Å². The third kappa shape index (κ3) is 5.03. The molecule has 0 spiro atoms. The van der Waals surface area contributed by atoms with Crippen LogP contribution in [0.4, 0.5) is 13.2 Å². The number of thiocarbonyl (C=S) groups is 1. The smallest absolute Gasteiger partial charge is 0.451 e. The third-order valence-corrected chi connectivity index (χ3v) is 9.42. The summed E-state index contributed by atoms with van der Waals surface area (Å²) in [4.78, 5) is 12.5. The van der Waals surface area contributed by atoms with Crippen LogP contribution in [0.3, 0.4) is 0 Å². The third-order valence-electron chi connectivity index (χ3n) is 4.97. The lowest BCUT2D eigenvalue weighted by Gasteiger charge is -2.30. The van der Waals surface area contributed by atoms with Crippen LogP contribution in [-0.4, -0.2) is 29.4 Å². The van der Waals surface area contributed by atoms with Crippen LogP contribution >= 0.6 is 19.1 Å². The van der Waals surface area contributed by atoms with E-state index in [0.29, 0.717) is 0 Å². The van der Waals surface area contributed by atoms with Gasteiger partial charge in [-0.05, 0) is 41.9 Å². The second-order valence-electron chi connectivity index (χ2n) is 6.97. The summed E-state index contributed by atoms with van der Waals surface area (Å²) in [5, 5.41) is 2.08. The lowest BCUT2D eigenvalue weighted by molar-refractivity contribution is -0.171. The van der Waals surface area contributed by atoms with E-state index in [0.717, 1.165) is 15.9 Å². The topological polar surface area (TPSA) is 26.3 Å². The molecular formula is C25H22F3O2PS. The number of halogens is 3. The van der Waals surface area contributed by atoms with Crippen LogP contribution in [0.1, 0.15) is 6.92 Å². The van der Waals surface area contributed by atoms with E-state index in [9.17, 15) is 18.0 Å². The Bertz CT molecular complexity index is 1010. The number of ether oxygens (including phenoxy) is 1. The van der Waals surface area contributed by atoms with Crippen molar-refractivity contribution in [1.29, 1.82) is 0 Å². The number of carbonyl (C=O) groups excluding carboxylic acids is 1. The molecule has 0 saturated carbocycles. The fraction of sp³-hybridized carbons (Fsp3) is 0.160. The average molecular weight is 474 g/mol. The molecule has 0 aromatic heterocycles. The molecule has 0 saturated heterocycles. The highest BCUT2D eigenvalue weighted by atomic mass is 32.1. The van der Waals surface area contributed by atoms with E-state index >= 15 is 0 Å². The van der Waals surface area contributed by atoms with Crippen LogP contribution in [0.5, 0.6) is 0 Å². The minimum absolute atomic E-state index is 0.0712. The predicted molar refractivity (Wildman–Crippen MR) is 130 cm³/mol. The van der Waals surface area contributed by atoms with E-state index in [1.54, 1.807) is 6.92 Å². The Morgan fingerprint density at radius 2 is 1.25 bits per heavy atom. The predicted octanol–water partition coefficient (Wildman–Crippen LogP) is 4.89. The summed E-state index contributed by atoms with van der Waals surface area (Å²) in [5.41, 5.74) is 0. The van der Waals surface area contributed by atoms with Crippen LogP contribution in [0, 0.1) is 5.92 Å². The van der Waals surface area contributed by atoms with Gasteiger partial charge in [0.15, 0.2) is 5.05 Å². The molecule has 166 valence electrons. The second-order valence-corrected chi connectivity index (χ2v) is 10.7. The Hall–Kier alpha value is -2.69. The molecule has 2 nitrogen and oxygen atoms in total. The van der Waals surface area contributed by atoms with E-state index in [1.807, 2.05) is 91.0 Å². The molecule has 3 aromatic carbocycles. The number of hydrogen-bond donors (Lipinski definition) is 0. The zero-order valence-electron chi connectivity index (χ0n) is 17.3. The first kappa shape index (κ1) is 24.0. The number of Topliss-reactive ketones (excluding diaryl/α,β-unsaturated/α-hetero) is 1. The summed E-state index contributed by atoms with van der Waals surface area (Å²) in [5.74, 6) is -2.16. The van der Waals surface area contributed by atoms with Gasteiger partial charge in [-0.25, -0.2) is 0 Å². The van der Waals surface area contributed by atoms with Gasteiger partial charge in [-0.3, -0.25) is 4.79 Å². The molecule has 7 heteroatoms. The minimum Gasteiger partial charge on any atom is -0.486 e. The van der Waals surface area contributed by atoms with Gasteiger partial charge < -0.3 is 4.74 Å². The van der Waals surface area contributed by atoms with Gasteiger partial charge >= 0.3 is 6.18 Å². The maximum atomic E-state index is 13.6. The summed E-state index contributed by atoms with van der Waals surface area (Å²) in [6.45, 7) is -1.13. The molecule has 3 aromatic rings. The fourth-order valence-corrected chi connectivity index (χ4v) is 8.01. The molecule has 0 heterocycles. The highest BCUT2D eigenvalue weighted by Crippen LogP contribution is 2.45. The zero-order valence-corrected chi connectivity index (χ0v) is 19.0. The van der Waals surface area contributed by atoms with Crippen molar-refractivity contribution >= 4 is 51.6 Å². The van der Waals surface area contributed by atoms with Gasteiger partial charge in [0.05, 0.1) is 6.61 Å². The van der Waals surface area contributed by atoms with Crippen molar-refractivity contribution in [3.8, 4) is 0 Å². The SMILES string of the molecule is CCOC(=S)C(C=P(c1ccccc1)(c1ccccc1)c1ccccc1)C(=O)C(F)(F)F. The van der Waals surface area contributed by atoms with Crippen LogP contribution in [0.25, 0.3) is 0 Å². The highest BCUT2D eigenvalue weighted by molar-refractivity contribution is 7.94. The summed E-state index contributed by atoms with van der Waals surface area (Å²) in [7, 11) is 0. The number of carbonyl (C=O) groups is 1. The first-order chi connectivity index (χ1) is 15.3. The molecule has 0 fully saturated rings. The number of hydrogen-bond acceptors (Lipinski definition) is 3. The molecule has 32 heavy (non-hydrogen) atoms. The fourth-order valence-electron chi connectivity index (χ4n) is 3.56. The monoisotopic (exact) mass is 474 g/mol. The van der Waals surface area contributed by atoms with Crippen molar-refractivity contribution in [1.82, 2.24) is 0 Å². The van der Waals surface area contributed by atoms with Gasteiger partial charge in [-0.15, -0.1) is 0 Å². The number of ketones is 1. The summed E-state index contributed by atoms with van der Waals surface area (Å²) < 4.78 is 46.1. The highest BCUT2D eigenvalue weighted by Gasteiger charge is 2.46. The minimum atomic E-state index is -5.05. The van der Waals surface area contributed by atoms with Gasteiger partial charge in [0, 0.05) is 0 Å². The Kier molecular flexibility index (Phi) is 7.70. The Morgan fingerprint density at radius 3 is 1.56 bits per heavy atom. The number of rotatable bonds is 7. The van der Waals surface area contributed by atoms with Crippen LogP contribution in [0.2, 0.25) is 0 Å². The first-order valence-corrected chi connectivity index (χ1v) is 12.3. The van der Waals surface area contributed by atoms with Gasteiger partial charge in [-0.2, -0.15) is 13.2 Å². The van der Waals surface area contributed by atoms with Gasteiger partial charge in [0.2, 0.25) is 0 Å². The summed E-state index contributed by atoms with van der Waals surface area (Å²) in [6.07, 6.45) is -5.05. The second kappa shape index (κ2) is 10.3. The largest absolute Gasteiger partial charge is 0.486 e. The molecule has 1 atom stereocenters. The number of alkyl halides is 3. The molecule has 1 unspecified atom stereocenters. The number of benzene rings is 3. The molecule has 0 radical (unpaired) electrons. The normalized spacial score (nSPS) is 12.6. The van der Waals surface area contributed by atoms with E-state index in [-0.39, 0.29) is 11.7 Å². The van der Waals surface area contributed by atoms with Crippen LogP contribution in [0.15, 0.2) is 91.0 Å². The molecular weight excluding hydrogens is 452 g/mol. The van der Waals surface area contributed by atoms with E-state index < -0.39 is 24.8 Å². The van der Waals surface area contributed by atoms with Gasteiger partial charge in [0.1, 0.15) is 5.92 Å². The Morgan fingerprint density at radius 1 is 0.875 bits per heavy atom. The lowest BCUT2D eigenvalue weighted by Crippen LogP contribution is -2.39. The van der Waals surface area contributed by atoms with Crippen molar-refractivity contribution in [3.05, 3.63) is 91.0 Å². The van der Waals surface area contributed by atoms with Crippen molar-refractivity contribution in [2.24, 2.45) is 5.92 Å². The molecule has 0 bridgehead atoms. The Balaban J connectivity index is 2.45. The molecule has 3 rings (SSSR count). The van der Waals surface area contributed by atoms with Crippen LogP contribution < -0.4 is 15.9 Å². The summed E-state index contributed by atoms with van der Waals surface area (Å²) in [6, 6.07) is 27.8. The van der Waals surface area contributed by atoms with E-state index in [1.165, 1.54) is 5.80 Å².